The molecule has 0 aliphatic rings. The van der Waals surface area contributed by atoms with Gasteiger partial charge in [0.05, 0.1) is 5.69 Å². The molecule has 0 aliphatic heterocycles. The Morgan fingerprint density at radius 1 is 1.53 bits per heavy atom. The van der Waals surface area contributed by atoms with Crippen LogP contribution in [0.2, 0.25) is 0 Å². The zero-order valence-corrected chi connectivity index (χ0v) is 11.1. The van der Waals surface area contributed by atoms with Crippen LogP contribution in [0, 0.1) is 0 Å². The number of carbonyl (C=O) groups excluding carboxylic acids is 1. The van der Waals surface area contributed by atoms with E-state index in [1.807, 2.05) is 20.8 Å². The van der Waals surface area contributed by atoms with Gasteiger partial charge >= 0.3 is 6.03 Å². The molecule has 0 saturated heterocycles. The Labute approximate surface area is 102 Å². The number of hydrogen-bond acceptors (Lipinski definition) is 3. The van der Waals surface area contributed by atoms with Crippen LogP contribution in [0.1, 0.15) is 46.2 Å². The van der Waals surface area contributed by atoms with E-state index in [-0.39, 0.29) is 11.4 Å². The fourth-order valence-electron chi connectivity index (χ4n) is 1.37. The molecule has 5 heteroatoms. The number of rotatable bonds is 3. The standard InChI is InChI=1S/C12H22N4O/c1-5-6-7-14-11(17)16-10(13)8-9(15-16)12(2,3)4/h8H,5-7,13H2,1-4H3,(H,14,17). The van der Waals surface area contributed by atoms with Crippen molar-refractivity contribution < 1.29 is 4.79 Å². The van der Waals surface area contributed by atoms with Crippen LogP contribution in [-0.2, 0) is 5.41 Å². The maximum atomic E-state index is 11.8. The minimum Gasteiger partial charge on any atom is -0.383 e. The van der Waals surface area contributed by atoms with Gasteiger partial charge in [-0.1, -0.05) is 34.1 Å². The van der Waals surface area contributed by atoms with Crippen LogP contribution in [0.4, 0.5) is 10.6 Å². The number of nitrogens with two attached hydrogens (primary N) is 1. The molecule has 1 aromatic rings. The number of nitrogens with zero attached hydrogens (tertiary/aromatic N) is 2. The highest BCUT2D eigenvalue weighted by Crippen LogP contribution is 2.22. The zero-order valence-electron chi connectivity index (χ0n) is 11.1. The molecular formula is C12H22N4O. The van der Waals surface area contributed by atoms with Crippen LogP contribution in [0.25, 0.3) is 0 Å². The van der Waals surface area contributed by atoms with E-state index in [0.29, 0.717) is 12.4 Å². The van der Waals surface area contributed by atoms with Gasteiger partial charge in [-0.3, -0.25) is 0 Å². The minimum atomic E-state index is -0.258. The van der Waals surface area contributed by atoms with Gasteiger partial charge in [-0.15, -0.1) is 0 Å². The van der Waals surface area contributed by atoms with Gasteiger partial charge < -0.3 is 11.1 Å². The molecule has 5 nitrogen and oxygen atoms in total. The summed E-state index contributed by atoms with van der Waals surface area (Å²) in [6.45, 7) is 8.84. The van der Waals surface area contributed by atoms with Gasteiger partial charge in [0.1, 0.15) is 5.82 Å². The maximum absolute atomic E-state index is 11.8. The monoisotopic (exact) mass is 238 g/mol. The topological polar surface area (TPSA) is 72.9 Å². The lowest BCUT2D eigenvalue weighted by molar-refractivity contribution is 0.239. The van der Waals surface area contributed by atoms with Crippen molar-refractivity contribution in [3.8, 4) is 0 Å². The fourth-order valence-corrected chi connectivity index (χ4v) is 1.37. The van der Waals surface area contributed by atoms with Crippen molar-refractivity contribution in [3.63, 3.8) is 0 Å². The third-order valence-corrected chi connectivity index (χ3v) is 2.50. The van der Waals surface area contributed by atoms with Gasteiger partial charge in [-0.25, -0.2) is 4.79 Å². The first-order chi connectivity index (χ1) is 7.86. The molecule has 1 heterocycles. The lowest BCUT2D eigenvalue weighted by Gasteiger charge is -2.13. The number of nitrogens with one attached hydrogen (secondary N) is 1. The number of hydrogen-bond donors (Lipinski definition) is 2. The first-order valence-corrected chi connectivity index (χ1v) is 6.00. The Bertz CT molecular complexity index is 390. The van der Waals surface area contributed by atoms with Gasteiger partial charge in [0.25, 0.3) is 0 Å². The highest BCUT2D eigenvalue weighted by molar-refractivity contribution is 5.79. The van der Waals surface area contributed by atoms with Crippen molar-refractivity contribution in [2.24, 2.45) is 0 Å². The largest absolute Gasteiger partial charge is 0.383 e. The summed E-state index contributed by atoms with van der Waals surface area (Å²) in [5.41, 5.74) is 6.49. The van der Waals surface area contributed by atoms with E-state index in [0.717, 1.165) is 18.5 Å². The molecular weight excluding hydrogens is 216 g/mol. The third-order valence-electron chi connectivity index (χ3n) is 2.50. The number of anilines is 1. The summed E-state index contributed by atoms with van der Waals surface area (Å²) in [6.07, 6.45) is 2.00. The predicted octanol–water partition coefficient (Wildman–Crippen LogP) is 2.12. The van der Waals surface area contributed by atoms with Gasteiger partial charge in [0.15, 0.2) is 0 Å². The average Bonchev–Trinajstić information content (AvgIpc) is 2.60. The number of amides is 1. The van der Waals surface area contributed by atoms with Crippen LogP contribution in [0.15, 0.2) is 6.07 Å². The van der Waals surface area contributed by atoms with E-state index in [1.165, 1.54) is 4.68 Å². The number of unbranched alkanes of at least 4 members (excludes halogenated alkanes) is 1. The van der Waals surface area contributed by atoms with Crippen molar-refractivity contribution in [1.29, 1.82) is 0 Å². The maximum Gasteiger partial charge on any atom is 0.343 e. The highest BCUT2D eigenvalue weighted by Gasteiger charge is 2.20. The third kappa shape index (κ3) is 3.47. The van der Waals surface area contributed by atoms with Crippen molar-refractivity contribution >= 4 is 11.8 Å². The number of carbonyl (C=O) groups is 1. The van der Waals surface area contributed by atoms with Crippen molar-refractivity contribution in [2.75, 3.05) is 12.3 Å². The smallest absolute Gasteiger partial charge is 0.343 e. The zero-order chi connectivity index (χ0) is 13.1. The molecule has 17 heavy (non-hydrogen) atoms. The molecule has 0 aromatic carbocycles. The van der Waals surface area contributed by atoms with Crippen LogP contribution in [-0.4, -0.2) is 22.4 Å². The van der Waals surface area contributed by atoms with Crippen LogP contribution in [0.3, 0.4) is 0 Å². The summed E-state index contributed by atoms with van der Waals surface area (Å²) in [6, 6.07) is 1.49. The number of nitrogen functional groups attached to an aromatic ring is 1. The molecule has 0 spiro atoms. The van der Waals surface area contributed by atoms with Gasteiger partial charge in [0, 0.05) is 18.0 Å². The Morgan fingerprint density at radius 2 is 2.18 bits per heavy atom. The minimum absolute atomic E-state index is 0.108. The van der Waals surface area contributed by atoms with E-state index >= 15 is 0 Å². The molecule has 1 aromatic heterocycles. The summed E-state index contributed by atoms with van der Waals surface area (Å²) in [7, 11) is 0. The second-order valence-corrected chi connectivity index (χ2v) is 5.20. The predicted molar refractivity (Wildman–Crippen MR) is 69.0 cm³/mol. The van der Waals surface area contributed by atoms with Crippen LogP contribution in [0.5, 0.6) is 0 Å². The molecule has 0 aliphatic carbocycles. The number of aromatic nitrogens is 2. The molecule has 1 amide bonds. The molecule has 96 valence electrons. The van der Waals surface area contributed by atoms with Crippen molar-refractivity contribution in [2.45, 2.75) is 46.0 Å². The Morgan fingerprint density at radius 3 is 2.65 bits per heavy atom. The van der Waals surface area contributed by atoms with E-state index in [1.54, 1.807) is 6.07 Å². The second kappa shape index (κ2) is 5.21. The lowest BCUT2D eigenvalue weighted by atomic mass is 9.92. The lowest BCUT2D eigenvalue weighted by Crippen LogP contribution is -2.31. The van der Waals surface area contributed by atoms with E-state index in [9.17, 15) is 4.79 Å². The quantitative estimate of drug-likeness (QED) is 0.792. The normalized spacial score (nSPS) is 11.5. The second-order valence-electron chi connectivity index (χ2n) is 5.20. The SMILES string of the molecule is CCCCNC(=O)n1nc(C(C)(C)C)cc1N. The van der Waals surface area contributed by atoms with E-state index < -0.39 is 0 Å². The van der Waals surface area contributed by atoms with Gasteiger partial charge in [-0.05, 0) is 6.42 Å². The highest BCUT2D eigenvalue weighted by atomic mass is 16.2. The molecule has 0 fully saturated rings. The van der Waals surface area contributed by atoms with Crippen molar-refractivity contribution in [3.05, 3.63) is 11.8 Å². The molecule has 1 rings (SSSR count). The summed E-state index contributed by atoms with van der Waals surface area (Å²) < 4.78 is 1.23. The van der Waals surface area contributed by atoms with Crippen LogP contribution < -0.4 is 11.1 Å². The van der Waals surface area contributed by atoms with E-state index in [4.69, 9.17) is 5.73 Å². The van der Waals surface area contributed by atoms with Gasteiger partial charge in [0.2, 0.25) is 0 Å². The Kier molecular flexibility index (Phi) is 4.15. The summed E-state index contributed by atoms with van der Waals surface area (Å²) in [4.78, 5) is 11.8. The van der Waals surface area contributed by atoms with Crippen LogP contribution >= 0.6 is 0 Å². The average molecular weight is 238 g/mol. The molecule has 0 unspecified atom stereocenters. The molecule has 0 bridgehead atoms. The first kappa shape index (κ1) is 13.5. The molecule has 0 atom stereocenters. The summed E-state index contributed by atoms with van der Waals surface area (Å²) in [5.74, 6) is 0.379. The first-order valence-electron chi connectivity index (χ1n) is 6.00. The summed E-state index contributed by atoms with van der Waals surface area (Å²) in [5, 5.41) is 7.03. The van der Waals surface area contributed by atoms with Crippen molar-refractivity contribution in [1.82, 2.24) is 15.1 Å². The summed E-state index contributed by atoms with van der Waals surface area (Å²) >= 11 is 0. The Balaban J connectivity index is 2.77. The molecule has 0 saturated carbocycles. The Hall–Kier alpha value is -1.52. The van der Waals surface area contributed by atoms with Gasteiger partial charge in [-0.2, -0.15) is 9.78 Å². The molecule has 3 N–H and O–H groups in total. The molecule has 0 radical (unpaired) electrons. The van der Waals surface area contributed by atoms with E-state index in [2.05, 4.69) is 17.3 Å². The fraction of sp³-hybridized carbons (Fsp3) is 0.667.